The van der Waals surface area contributed by atoms with Crippen LogP contribution in [-0.2, 0) is 4.79 Å². The molecule has 3 nitrogen and oxygen atoms in total. The summed E-state index contributed by atoms with van der Waals surface area (Å²) >= 11 is 1.79. The highest BCUT2D eigenvalue weighted by molar-refractivity contribution is 8.02. The van der Waals surface area contributed by atoms with E-state index in [0.29, 0.717) is 0 Å². The van der Waals surface area contributed by atoms with Gasteiger partial charge in [0.25, 0.3) is 0 Å². The number of carbonyl (C=O) groups is 1. The van der Waals surface area contributed by atoms with Crippen molar-refractivity contribution in [3.8, 4) is 0 Å². The van der Waals surface area contributed by atoms with Crippen molar-refractivity contribution in [2.24, 2.45) is 4.99 Å². The Kier molecular flexibility index (Phi) is 4.67. The molecule has 1 aliphatic carbocycles. The maximum atomic E-state index is 12.5. The fraction of sp³-hybridized carbons (Fsp3) is 0.444. The lowest BCUT2D eigenvalue weighted by Gasteiger charge is -2.31. The van der Waals surface area contributed by atoms with Crippen LogP contribution in [0.5, 0.6) is 0 Å². The van der Waals surface area contributed by atoms with Crippen molar-refractivity contribution in [2.45, 2.75) is 37.4 Å². The average molecular weight is 314 g/mol. The van der Waals surface area contributed by atoms with Crippen molar-refractivity contribution in [1.82, 2.24) is 5.32 Å². The quantitative estimate of drug-likeness (QED) is 0.762. The van der Waals surface area contributed by atoms with E-state index in [4.69, 9.17) is 0 Å². The maximum Gasteiger partial charge on any atom is 0.248 e. The highest BCUT2D eigenvalue weighted by atomic mass is 32.2. The van der Waals surface area contributed by atoms with Gasteiger partial charge in [0.1, 0.15) is 4.75 Å². The molecular formula is C18H22N2OS. The summed E-state index contributed by atoms with van der Waals surface area (Å²) in [5, 5.41) is 3.08. The molecule has 0 saturated heterocycles. The van der Waals surface area contributed by atoms with Gasteiger partial charge in [0, 0.05) is 24.1 Å². The molecule has 4 heteroatoms. The molecule has 1 spiro atoms. The molecule has 0 aromatic carbocycles. The number of thioether (sulfide) groups is 1. The number of nitrogens with zero attached hydrogens (tertiary/aromatic N) is 1. The second kappa shape index (κ2) is 6.69. The van der Waals surface area contributed by atoms with Gasteiger partial charge < -0.3 is 5.32 Å². The summed E-state index contributed by atoms with van der Waals surface area (Å²) in [7, 11) is 0. The molecule has 1 unspecified atom stereocenters. The number of aliphatic imine (C=N–C) groups is 1. The van der Waals surface area contributed by atoms with Crippen LogP contribution < -0.4 is 5.32 Å². The number of unbranched alkanes of at least 4 members (excludes halogenated alkanes) is 3. The number of hydrogen-bond acceptors (Lipinski definition) is 3. The highest BCUT2D eigenvalue weighted by Gasteiger charge is 2.45. The average Bonchev–Trinajstić information content (AvgIpc) is 2.92. The monoisotopic (exact) mass is 314 g/mol. The van der Waals surface area contributed by atoms with Gasteiger partial charge in [-0.3, -0.25) is 9.79 Å². The van der Waals surface area contributed by atoms with Gasteiger partial charge >= 0.3 is 0 Å². The summed E-state index contributed by atoms with van der Waals surface area (Å²) in [5.74, 6) is 0.835. The summed E-state index contributed by atoms with van der Waals surface area (Å²) in [6, 6.07) is 0. The van der Waals surface area contributed by atoms with Crippen LogP contribution >= 0.6 is 11.8 Å². The zero-order chi connectivity index (χ0) is 15.4. The molecule has 22 heavy (non-hydrogen) atoms. The van der Waals surface area contributed by atoms with E-state index in [9.17, 15) is 4.79 Å². The molecule has 1 atom stereocenters. The fourth-order valence-electron chi connectivity index (χ4n) is 3.07. The minimum atomic E-state index is -0.238. The Hall–Kier alpha value is -1.55. The van der Waals surface area contributed by atoms with E-state index in [1.807, 2.05) is 24.4 Å². The van der Waals surface area contributed by atoms with E-state index < -0.39 is 0 Å². The molecule has 3 aliphatic rings. The molecular weight excluding hydrogens is 292 g/mol. The molecule has 1 N–H and O–H groups in total. The first-order chi connectivity index (χ1) is 10.8. The van der Waals surface area contributed by atoms with Crippen LogP contribution in [0.4, 0.5) is 0 Å². The van der Waals surface area contributed by atoms with E-state index >= 15 is 0 Å². The molecule has 0 fully saturated rings. The predicted molar refractivity (Wildman–Crippen MR) is 94.2 cm³/mol. The van der Waals surface area contributed by atoms with Gasteiger partial charge in [-0.1, -0.05) is 44.4 Å². The van der Waals surface area contributed by atoms with Crippen LogP contribution in [0.3, 0.4) is 0 Å². The summed E-state index contributed by atoms with van der Waals surface area (Å²) in [5.41, 5.74) is 3.04. The van der Waals surface area contributed by atoms with Gasteiger partial charge in [-0.25, -0.2) is 0 Å². The molecule has 0 saturated carbocycles. The van der Waals surface area contributed by atoms with E-state index in [2.05, 4.69) is 29.4 Å². The first-order valence-electron chi connectivity index (χ1n) is 8.04. The SMILES string of the molecule is CCCCCCNC(=O)C1=C2C=CN=C3C=CC=CC32SC1. The Morgan fingerprint density at radius 1 is 1.32 bits per heavy atom. The summed E-state index contributed by atoms with van der Waals surface area (Å²) < 4.78 is -0.238. The second-order valence-corrected chi connectivity index (χ2v) is 7.00. The van der Waals surface area contributed by atoms with Crippen molar-refractivity contribution < 1.29 is 4.79 Å². The van der Waals surface area contributed by atoms with Crippen LogP contribution in [0.1, 0.15) is 32.6 Å². The standard InChI is InChI=1S/C18H22N2OS/c1-2-3-4-7-11-20-17(21)14-13-22-18-10-6-5-8-16(18)19-12-9-15(14)18/h5-6,8-10,12H,2-4,7,11,13H2,1H3,(H,20,21). The minimum absolute atomic E-state index is 0.0877. The highest BCUT2D eigenvalue weighted by Crippen LogP contribution is 2.48. The van der Waals surface area contributed by atoms with Gasteiger partial charge in [0.05, 0.1) is 5.71 Å². The molecule has 116 valence electrons. The third-order valence-corrected chi connectivity index (χ3v) is 5.74. The van der Waals surface area contributed by atoms with E-state index in [1.54, 1.807) is 11.8 Å². The number of rotatable bonds is 6. The molecule has 0 bridgehead atoms. The molecule has 1 amide bonds. The zero-order valence-electron chi connectivity index (χ0n) is 13.0. The van der Waals surface area contributed by atoms with E-state index in [-0.39, 0.29) is 10.7 Å². The Labute approximate surface area is 136 Å². The van der Waals surface area contributed by atoms with Gasteiger partial charge in [-0.2, -0.15) is 0 Å². The third kappa shape index (κ3) is 2.72. The van der Waals surface area contributed by atoms with Crippen molar-refractivity contribution in [2.75, 3.05) is 12.3 Å². The van der Waals surface area contributed by atoms with Gasteiger partial charge in [-0.05, 0) is 24.1 Å². The number of nitrogens with one attached hydrogen (secondary N) is 1. The fourth-order valence-corrected chi connectivity index (χ4v) is 4.51. The normalized spacial score (nSPS) is 25.0. The van der Waals surface area contributed by atoms with Crippen molar-refractivity contribution in [1.29, 1.82) is 0 Å². The van der Waals surface area contributed by atoms with Crippen molar-refractivity contribution in [3.63, 3.8) is 0 Å². The van der Waals surface area contributed by atoms with Gasteiger partial charge in [-0.15, -0.1) is 11.8 Å². The minimum Gasteiger partial charge on any atom is -0.352 e. The largest absolute Gasteiger partial charge is 0.352 e. The zero-order valence-corrected chi connectivity index (χ0v) is 13.8. The molecule has 2 heterocycles. The third-order valence-electron chi connectivity index (χ3n) is 4.29. The molecule has 3 rings (SSSR count). The Morgan fingerprint density at radius 3 is 3.09 bits per heavy atom. The van der Waals surface area contributed by atoms with Crippen LogP contribution in [0.2, 0.25) is 0 Å². The van der Waals surface area contributed by atoms with Crippen LogP contribution in [0, 0.1) is 0 Å². The first-order valence-corrected chi connectivity index (χ1v) is 9.03. The lowest BCUT2D eigenvalue weighted by Crippen LogP contribution is -2.35. The number of allylic oxidation sites excluding steroid dienone is 4. The molecule has 0 aromatic rings. The summed E-state index contributed by atoms with van der Waals surface area (Å²) in [6.07, 6.45) is 16.8. The predicted octanol–water partition coefficient (Wildman–Crippen LogP) is 3.56. The van der Waals surface area contributed by atoms with Crippen LogP contribution in [0.15, 0.2) is 52.7 Å². The molecule has 0 aromatic heterocycles. The molecule has 0 radical (unpaired) electrons. The molecule has 2 aliphatic heterocycles. The van der Waals surface area contributed by atoms with E-state index in [1.165, 1.54) is 19.3 Å². The topological polar surface area (TPSA) is 41.5 Å². The lowest BCUT2D eigenvalue weighted by molar-refractivity contribution is -0.117. The number of amides is 1. The first kappa shape index (κ1) is 15.3. The van der Waals surface area contributed by atoms with E-state index in [0.717, 1.165) is 35.6 Å². The van der Waals surface area contributed by atoms with Gasteiger partial charge in [0.2, 0.25) is 5.91 Å². The van der Waals surface area contributed by atoms with Crippen LogP contribution in [-0.4, -0.2) is 28.7 Å². The van der Waals surface area contributed by atoms with Gasteiger partial charge in [0.15, 0.2) is 0 Å². The Morgan fingerprint density at radius 2 is 2.23 bits per heavy atom. The number of carbonyl (C=O) groups excluding carboxylic acids is 1. The number of hydrogen-bond donors (Lipinski definition) is 1. The maximum absolute atomic E-state index is 12.5. The Bertz CT molecular complexity index is 613. The summed E-state index contributed by atoms with van der Waals surface area (Å²) in [4.78, 5) is 17.0. The lowest BCUT2D eigenvalue weighted by atomic mass is 9.85. The summed E-state index contributed by atoms with van der Waals surface area (Å²) in [6.45, 7) is 2.97. The Balaban J connectivity index is 1.71. The van der Waals surface area contributed by atoms with Crippen molar-refractivity contribution >= 4 is 23.4 Å². The van der Waals surface area contributed by atoms with Crippen molar-refractivity contribution in [3.05, 3.63) is 47.7 Å². The smallest absolute Gasteiger partial charge is 0.248 e. The van der Waals surface area contributed by atoms with Crippen LogP contribution in [0.25, 0.3) is 0 Å². The second-order valence-electron chi connectivity index (χ2n) is 5.78.